The molecule has 22 N–H and O–H groups in total. The molecule has 0 aliphatic heterocycles. The predicted molar refractivity (Wildman–Crippen MR) is 247 cm³/mol. The van der Waals surface area contributed by atoms with Gasteiger partial charge in [-0.2, -0.15) is 0 Å². The third kappa shape index (κ3) is 24.9. The lowest BCUT2D eigenvalue weighted by molar-refractivity contribution is -0.142. The predicted octanol–water partition coefficient (Wildman–Crippen LogP) is -2.95. The fraction of sp³-hybridized carbons (Fsp3) is 0.762. The minimum absolute atomic E-state index is 0.0965. The van der Waals surface area contributed by atoms with Crippen molar-refractivity contribution in [3.8, 4) is 0 Å². The molecule has 0 saturated heterocycles. The molecule has 1 heterocycles. The van der Waals surface area contributed by atoms with E-state index in [9.17, 15) is 38.7 Å². The summed E-state index contributed by atoms with van der Waals surface area (Å²) in [6.07, 6.45) is 10.2. The Balaban J connectivity index is 3.44. The Morgan fingerprint density at radius 1 is 0.446 bits per heavy atom. The van der Waals surface area contributed by atoms with Crippen molar-refractivity contribution in [2.45, 2.75) is 164 Å². The summed E-state index contributed by atoms with van der Waals surface area (Å²) < 4.78 is 0. The number of nitrogens with two attached hydrogens (primary N) is 7. The number of amides is 6. The minimum atomic E-state index is -1.30. The van der Waals surface area contributed by atoms with Gasteiger partial charge in [-0.1, -0.05) is 6.42 Å². The zero-order chi connectivity index (χ0) is 48.4. The SMILES string of the molecule is NCCCC[C@H](NC(=O)[C@H](CCCCN)NC(=O)[C@H](Cc1cnc[nH]1)NC(=O)[C@H](CCCCN)NC(=O)[C@H](CCCCN)NC(=O)[C@H](CCCCN)NC(=O)[C@@H](N)CCCCN)C(=O)O. The van der Waals surface area contributed by atoms with Gasteiger partial charge in [0.15, 0.2) is 0 Å². The molecule has 0 aliphatic rings. The van der Waals surface area contributed by atoms with Crippen molar-refractivity contribution in [1.29, 1.82) is 0 Å². The lowest BCUT2D eigenvalue weighted by Crippen LogP contribution is -2.60. The van der Waals surface area contributed by atoms with Crippen LogP contribution in [-0.2, 0) is 40.0 Å². The molecule has 6 amide bonds. The summed E-state index contributed by atoms with van der Waals surface area (Å²) >= 11 is 0. The molecule has 1 rings (SSSR count). The lowest BCUT2D eigenvalue weighted by atomic mass is 10.0. The van der Waals surface area contributed by atoms with E-state index in [1.54, 1.807) is 0 Å². The number of aromatic nitrogens is 2. The van der Waals surface area contributed by atoms with Gasteiger partial charge in [-0.15, -0.1) is 0 Å². The van der Waals surface area contributed by atoms with E-state index in [1.807, 2.05) is 0 Å². The summed E-state index contributed by atoms with van der Waals surface area (Å²) in [4.78, 5) is 102. The summed E-state index contributed by atoms with van der Waals surface area (Å²) in [5, 5.41) is 26.1. The number of nitrogens with one attached hydrogen (secondary N) is 7. The first-order valence-corrected chi connectivity index (χ1v) is 23.2. The Morgan fingerprint density at radius 2 is 0.738 bits per heavy atom. The number of aliphatic carboxylic acids is 1. The first-order chi connectivity index (χ1) is 31.3. The average molecular weight is 924 g/mol. The molecular formula is C42H81N15O8. The van der Waals surface area contributed by atoms with Gasteiger partial charge < -0.3 is 82.1 Å². The maximum atomic E-state index is 14.2. The normalized spacial score (nSPS) is 14.4. The number of rotatable bonds is 39. The third-order valence-electron chi connectivity index (χ3n) is 10.8. The zero-order valence-electron chi connectivity index (χ0n) is 38.2. The highest BCUT2D eigenvalue weighted by molar-refractivity contribution is 5.97. The van der Waals surface area contributed by atoms with Gasteiger partial charge in [-0.25, -0.2) is 9.78 Å². The second-order valence-electron chi connectivity index (χ2n) is 16.3. The Kier molecular flexibility index (Phi) is 31.8. The molecule has 0 saturated carbocycles. The van der Waals surface area contributed by atoms with E-state index in [0.29, 0.717) is 128 Å². The summed E-state index contributed by atoms with van der Waals surface area (Å²) in [5.41, 5.74) is 40.7. The molecule has 0 unspecified atom stereocenters. The molecular weight excluding hydrogens is 843 g/mol. The van der Waals surface area contributed by atoms with Crippen LogP contribution in [0.4, 0.5) is 0 Å². The Hall–Kier alpha value is -4.78. The van der Waals surface area contributed by atoms with Crippen LogP contribution in [0.5, 0.6) is 0 Å². The molecule has 0 spiro atoms. The monoisotopic (exact) mass is 924 g/mol. The minimum Gasteiger partial charge on any atom is -0.480 e. The zero-order valence-corrected chi connectivity index (χ0v) is 38.2. The Labute approximate surface area is 383 Å². The van der Waals surface area contributed by atoms with Crippen LogP contribution in [0.15, 0.2) is 12.5 Å². The van der Waals surface area contributed by atoms with Crippen LogP contribution >= 0.6 is 0 Å². The molecule has 65 heavy (non-hydrogen) atoms. The van der Waals surface area contributed by atoms with Gasteiger partial charge in [0.2, 0.25) is 35.4 Å². The van der Waals surface area contributed by atoms with Crippen molar-refractivity contribution < 1.29 is 38.7 Å². The maximum absolute atomic E-state index is 14.2. The number of H-pyrrole nitrogens is 1. The molecule has 7 atom stereocenters. The van der Waals surface area contributed by atoms with Gasteiger partial charge in [0.25, 0.3) is 0 Å². The summed E-state index contributed by atoms with van der Waals surface area (Å²) in [6.45, 7) is 2.14. The summed E-state index contributed by atoms with van der Waals surface area (Å²) in [5.74, 6) is -5.26. The van der Waals surface area contributed by atoms with E-state index in [1.165, 1.54) is 12.5 Å². The average Bonchev–Trinajstić information content (AvgIpc) is 3.80. The van der Waals surface area contributed by atoms with Crippen molar-refractivity contribution in [1.82, 2.24) is 41.9 Å². The molecule has 372 valence electrons. The molecule has 1 aromatic rings. The van der Waals surface area contributed by atoms with Gasteiger partial charge in [0.1, 0.15) is 36.3 Å². The van der Waals surface area contributed by atoms with Crippen molar-refractivity contribution in [2.24, 2.45) is 40.1 Å². The molecule has 1 aromatic heterocycles. The highest BCUT2D eigenvalue weighted by Crippen LogP contribution is 2.11. The van der Waals surface area contributed by atoms with Crippen molar-refractivity contribution in [3.05, 3.63) is 18.2 Å². The van der Waals surface area contributed by atoms with Crippen LogP contribution < -0.4 is 72.0 Å². The second kappa shape index (κ2) is 35.5. The van der Waals surface area contributed by atoms with Crippen LogP contribution in [0.1, 0.15) is 121 Å². The number of carboxylic acids is 1. The van der Waals surface area contributed by atoms with E-state index in [4.69, 9.17) is 40.1 Å². The van der Waals surface area contributed by atoms with Gasteiger partial charge in [0, 0.05) is 18.3 Å². The van der Waals surface area contributed by atoms with Gasteiger partial charge in [-0.3, -0.25) is 28.8 Å². The van der Waals surface area contributed by atoms with Crippen LogP contribution in [0, 0.1) is 0 Å². The topological polar surface area (TPSA) is 423 Å². The second-order valence-corrected chi connectivity index (χ2v) is 16.3. The lowest BCUT2D eigenvalue weighted by Gasteiger charge is -2.28. The maximum Gasteiger partial charge on any atom is 0.326 e. The molecule has 0 aliphatic carbocycles. The summed E-state index contributed by atoms with van der Waals surface area (Å²) in [6, 6.07) is -7.96. The fourth-order valence-corrected chi connectivity index (χ4v) is 6.90. The van der Waals surface area contributed by atoms with Crippen LogP contribution in [-0.4, -0.2) is 138 Å². The molecule has 0 aromatic carbocycles. The number of carbonyl (C=O) groups excluding carboxylic acids is 6. The number of imidazole rings is 1. The first-order valence-electron chi connectivity index (χ1n) is 23.2. The van der Waals surface area contributed by atoms with Crippen LogP contribution in [0.2, 0.25) is 0 Å². The van der Waals surface area contributed by atoms with Crippen molar-refractivity contribution >= 4 is 41.4 Å². The molecule has 0 fully saturated rings. The highest BCUT2D eigenvalue weighted by Gasteiger charge is 2.34. The highest BCUT2D eigenvalue weighted by atomic mass is 16.4. The third-order valence-corrected chi connectivity index (χ3v) is 10.8. The fourth-order valence-electron chi connectivity index (χ4n) is 6.90. The first kappa shape index (κ1) is 58.2. The smallest absolute Gasteiger partial charge is 0.326 e. The standard InChI is InChI=1S/C42H81N15O8/c43-19-7-1-13-29(49)36(58)52-30(14-2-8-20-44)37(59)53-31(15-3-9-21-45)38(60)54-33(17-5-11-23-47)40(62)57-35(25-28-26-50-27-51-28)41(63)55-32(16-4-10-22-46)39(61)56-34(42(64)65)18-6-12-24-48/h26-27,29-35H,1-25,43-49H2,(H,50,51)(H,52,58)(H,53,59)(H,54,60)(H,55,63)(H,56,61)(H,57,62)(H,64,65)/t29-,30-,31-,32-,33-,34-,35-/m0/s1. The van der Waals surface area contributed by atoms with E-state index < -0.39 is 83.7 Å². The van der Waals surface area contributed by atoms with Gasteiger partial charge >= 0.3 is 5.97 Å². The Bertz CT molecular complexity index is 1520. The van der Waals surface area contributed by atoms with Crippen LogP contribution in [0.3, 0.4) is 0 Å². The van der Waals surface area contributed by atoms with Crippen LogP contribution in [0.25, 0.3) is 0 Å². The molecule has 0 bridgehead atoms. The van der Waals surface area contributed by atoms with Crippen molar-refractivity contribution in [3.63, 3.8) is 0 Å². The van der Waals surface area contributed by atoms with Gasteiger partial charge in [0.05, 0.1) is 12.4 Å². The van der Waals surface area contributed by atoms with E-state index in [0.717, 1.165) is 0 Å². The van der Waals surface area contributed by atoms with E-state index in [-0.39, 0.29) is 38.5 Å². The molecule has 0 radical (unpaired) electrons. The largest absolute Gasteiger partial charge is 0.480 e. The number of hydrogen-bond donors (Lipinski definition) is 15. The molecule has 23 heteroatoms. The Morgan fingerprint density at radius 3 is 1.06 bits per heavy atom. The number of carbonyl (C=O) groups is 7. The number of nitrogens with zero attached hydrogens (tertiary/aromatic N) is 1. The number of carboxylic acid groups (broad SMARTS) is 1. The number of unbranched alkanes of at least 4 members (excludes halogenated alkanes) is 6. The van der Waals surface area contributed by atoms with E-state index >= 15 is 0 Å². The van der Waals surface area contributed by atoms with Crippen molar-refractivity contribution in [2.75, 3.05) is 39.3 Å². The quantitative estimate of drug-likeness (QED) is 0.0294. The summed E-state index contributed by atoms with van der Waals surface area (Å²) in [7, 11) is 0. The van der Waals surface area contributed by atoms with Gasteiger partial charge in [-0.05, 0) is 148 Å². The number of aromatic amines is 1. The molecule has 23 nitrogen and oxygen atoms in total. The van der Waals surface area contributed by atoms with E-state index in [2.05, 4.69) is 41.9 Å². The number of hydrogen-bond acceptors (Lipinski definition) is 15.